The highest BCUT2D eigenvalue weighted by atomic mass is 32.2. The molecule has 1 aliphatic heterocycles. The van der Waals surface area contributed by atoms with Crippen molar-refractivity contribution in [1.82, 2.24) is 14.5 Å². The summed E-state index contributed by atoms with van der Waals surface area (Å²) < 4.78 is 108. The first kappa shape index (κ1) is 34.4. The number of carbonyl (C=O) groups is 2. The largest absolute Gasteiger partial charge is 0.416 e. The van der Waals surface area contributed by atoms with Crippen molar-refractivity contribution in [3.63, 3.8) is 0 Å². The van der Waals surface area contributed by atoms with Crippen LogP contribution < -0.4 is 5.32 Å². The van der Waals surface area contributed by atoms with Gasteiger partial charge in [0, 0.05) is 31.7 Å². The number of benzene rings is 2. The molecule has 1 aliphatic rings. The minimum absolute atomic E-state index is 0.0397. The molecule has 0 aromatic heterocycles. The van der Waals surface area contributed by atoms with Gasteiger partial charge in [0.1, 0.15) is 6.04 Å². The summed E-state index contributed by atoms with van der Waals surface area (Å²) in [6.07, 6.45) is -5.41. The number of rotatable bonds is 12. The Morgan fingerprint density at radius 3 is 2.02 bits per heavy atom. The van der Waals surface area contributed by atoms with Gasteiger partial charge in [-0.05, 0) is 30.2 Å². The molecular weight excluding hydrogens is 600 g/mol. The fraction of sp³-hybridized carbons (Fsp3) is 0.517. The Bertz CT molecular complexity index is 1320. The minimum atomic E-state index is -5.15. The summed E-state index contributed by atoms with van der Waals surface area (Å²) in [4.78, 5) is 27.5. The van der Waals surface area contributed by atoms with Crippen LogP contribution in [0.1, 0.15) is 72.5 Å². The molecule has 0 bridgehead atoms. The average Bonchev–Trinajstić information content (AvgIpc) is 2.96. The number of nitrogens with zero attached hydrogens (tertiary/aromatic N) is 2. The van der Waals surface area contributed by atoms with Gasteiger partial charge < -0.3 is 10.2 Å². The van der Waals surface area contributed by atoms with Gasteiger partial charge in [-0.2, -0.15) is 30.6 Å². The van der Waals surface area contributed by atoms with Crippen LogP contribution in [0.15, 0.2) is 48.5 Å². The first-order valence-electron chi connectivity index (χ1n) is 14.0. The summed E-state index contributed by atoms with van der Waals surface area (Å²) in [6.45, 7) is 0.873. The third-order valence-corrected chi connectivity index (χ3v) is 9.13. The highest BCUT2D eigenvalue weighted by Gasteiger charge is 2.42. The number of alkyl halides is 6. The lowest BCUT2D eigenvalue weighted by Gasteiger charge is -2.39. The molecule has 3 rings (SSSR count). The van der Waals surface area contributed by atoms with Crippen LogP contribution in [0, 0.1) is 0 Å². The van der Waals surface area contributed by atoms with Crippen molar-refractivity contribution in [2.24, 2.45) is 0 Å². The van der Waals surface area contributed by atoms with Crippen molar-refractivity contribution in [3.05, 3.63) is 70.8 Å². The number of nitrogens with one attached hydrogen (secondary N) is 1. The maximum Gasteiger partial charge on any atom is 0.416 e. The van der Waals surface area contributed by atoms with Crippen molar-refractivity contribution >= 4 is 21.8 Å². The molecule has 1 heterocycles. The van der Waals surface area contributed by atoms with Crippen LogP contribution in [0.2, 0.25) is 0 Å². The fourth-order valence-corrected chi connectivity index (χ4v) is 6.56. The Labute approximate surface area is 247 Å². The fourth-order valence-electron chi connectivity index (χ4n) is 4.84. The molecule has 2 aromatic rings. The lowest BCUT2D eigenvalue weighted by molar-refractivity contribution is -0.143. The summed E-state index contributed by atoms with van der Waals surface area (Å²) >= 11 is 0. The van der Waals surface area contributed by atoms with Crippen LogP contribution in [0.25, 0.3) is 0 Å². The van der Waals surface area contributed by atoms with Gasteiger partial charge in [-0.3, -0.25) is 9.59 Å². The van der Waals surface area contributed by atoms with Gasteiger partial charge >= 0.3 is 12.4 Å². The molecule has 0 aliphatic carbocycles. The number of amides is 2. The molecular formula is C29H35F6N3O4S. The zero-order valence-electron chi connectivity index (χ0n) is 23.7. The molecule has 1 fully saturated rings. The standard InChI is InChI=1S/C29H35F6N3O4S/c1-2-3-4-5-6-10-15-43(41,42)38-14-13-37(20-25(38)26(39)36-19-21-11-8-7-9-12-21)27(40)22-16-23(28(30,31)32)18-24(17-22)29(33,34)35/h7-9,11-12,16-18,25H,2-6,10,13-15,19-20H2,1H3,(H,36,39). The molecule has 2 aromatic carbocycles. The first-order valence-corrected chi connectivity index (χ1v) is 15.6. The molecule has 0 saturated carbocycles. The second-order valence-electron chi connectivity index (χ2n) is 10.5. The van der Waals surface area contributed by atoms with Crippen molar-refractivity contribution in [2.45, 2.75) is 70.4 Å². The second-order valence-corrected chi connectivity index (χ2v) is 12.5. The number of carbonyl (C=O) groups excluding carboxylic acids is 2. The highest BCUT2D eigenvalue weighted by molar-refractivity contribution is 7.89. The van der Waals surface area contributed by atoms with E-state index in [1.54, 1.807) is 30.3 Å². The number of piperazine rings is 1. The molecule has 238 valence electrons. The topological polar surface area (TPSA) is 86.8 Å². The summed E-state index contributed by atoms with van der Waals surface area (Å²) in [5, 5.41) is 2.64. The lowest BCUT2D eigenvalue weighted by atomic mass is 10.0. The zero-order chi connectivity index (χ0) is 31.8. The maximum absolute atomic E-state index is 13.4. The number of halogens is 6. The first-order chi connectivity index (χ1) is 20.1. The number of hydrogen-bond acceptors (Lipinski definition) is 4. The Morgan fingerprint density at radius 2 is 1.44 bits per heavy atom. The van der Waals surface area contributed by atoms with Crippen molar-refractivity contribution in [2.75, 3.05) is 25.4 Å². The molecule has 0 spiro atoms. The molecule has 1 atom stereocenters. The lowest BCUT2D eigenvalue weighted by Crippen LogP contribution is -2.61. The summed E-state index contributed by atoms with van der Waals surface area (Å²) in [6, 6.07) is 7.85. The van der Waals surface area contributed by atoms with E-state index >= 15 is 0 Å². The van der Waals surface area contributed by atoms with Gasteiger partial charge in [0.05, 0.1) is 16.9 Å². The van der Waals surface area contributed by atoms with Crippen LogP contribution in [-0.4, -0.2) is 60.9 Å². The molecule has 43 heavy (non-hydrogen) atoms. The Hall–Kier alpha value is -3.13. The average molecular weight is 636 g/mol. The van der Waals surface area contributed by atoms with E-state index < -0.39 is 63.5 Å². The predicted molar refractivity (Wildman–Crippen MR) is 148 cm³/mol. The Balaban J connectivity index is 1.85. The molecule has 14 heteroatoms. The number of unbranched alkanes of at least 4 members (excludes halogenated alkanes) is 5. The quantitative estimate of drug-likeness (QED) is 0.234. The highest BCUT2D eigenvalue weighted by Crippen LogP contribution is 2.36. The second kappa shape index (κ2) is 14.6. The van der Waals surface area contributed by atoms with Gasteiger partial charge in [0.25, 0.3) is 5.91 Å². The minimum Gasteiger partial charge on any atom is -0.351 e. The predicted octanol–water partition coefficient (Wildman–Crippen LogP) is 5.86. The zero-order valence-corrected chi connectivity index (χ0v) is 24.5. The number of sulfonamides is 1. The van der Waals surface area contributed by atoms with Gasteiger partial charge in [0.15, 0.2) is 0 Å². The van der Waals surface area contributed by atoms with E-state index in [2.05, 4.69) is 12.2 Å². The molecule has 2 amide bonds. The van der Waals surface area contributed by atoms with E-state index in [0.29, 0.717) is 30.5 Å². The van der Waals surface area contributed by atoms with Gasteiger partial charge in [-0.1, -0.05) is 69.4 Å². The summed E-state index contributed by atoms with van der Waals surface area (Å²) in [5.41, 5.74) is -3.45. The van der Waals surface area contributed by atoms with Crippen LogP contribution in [0.4, 0.5) is 26.3 Å². The molecule has 0 radical (unpaired) electrons. The van der Waals surface area contributed by atoms with E-state index in [-0.39, 0.29) is 31.5 Å². The van der Waals surface area contributed by atoms with E-state index in [0.717, 1.165) is 34.9 Å². The third-order valence-electron chi connectivity index (χ3n) is 7.18. The SMILES string of the molecule is CCCCCCCCS(=O)(=O)N1CCN(C(=O)c2cc(C(F)(F)F)cc(C(F)(F)F)c2)CC1C(=O)NCc1ccccc1. The van der Waals surface area contributed by atoms with Gasteiger partial charge in [-0.25, -0.2) is 8.42 Å². The van der Waals surface area contributed by atoms with Crippen molar-refractivity contribution in [1.29, 1.82) is 0 Å². The summed E-state index contributed by atoms with van der Waals surface area (Å²) in [5.74, 6) is -2.16. The van der Waals surface area contributed by atoms with E-state index in [9.17, 15) is 44.3 Å². The molecule has 1 unspecified atom stereocenters. The van der Waals surface area contributed by atoms with Crippen LogP contribution in [0.3, 0.4) is 0 Å². The monoisotopic (exact) mass is 635 g/mol. The Kier molecular flexibility index (Phi) is 11.6. The van der Waals surface area contributed by atoms with Gasteiger partial charge in [0.2, 0.25) is 15.9 Å². The molecule has 1 saturated heterocycles. The molecule has 1 N–H and O–H groups in total. The van der Waals surface area contributed by atoms with Crippen molar-refractivity contribution < 1.29 is 44.3 Å². The third kappa shape index (κ3) is 9.68. The Morgan fingerprint density at radius 1 is 0.860 bits per heavy atom. The van der Waals surface area contributed by atoms with Crippen LogP contribution >= 0.6 is 0 Å². The van der Waals surface area contributed by atoms with Gasteiger partial charge in [-0.15, -0.1) is 0 Å². The van der Waals surface area contributed by atoms with Crippen LogP contribution in [0.5, 0.6) is 0 Å². The van der Waals surface area contributed by atoms with Crippen molar-refractivity contribution in [3.8, 4) is 0 Å². The van der Waals surface area contributed by atoms with E-state index in [4.69, 9.17) is 0 Å². The maximum atomic E-state index is 13.4. The summed E-state index contributed by atoms with van der Waals surface area (Å²) in [7, 11) is -3.98. The van der Waals surface area contributed by atoms with E-state index in [1.165, 1.54) is 0 Å². The molecule has 7 nitrogen and oxygen atoms in total. The van der Waals surface area contributed by atoms with Crippen LogP contribution in [-0.2, 0) is 33.7 Å². The normalized spacial score (nSPS) is 16.7. The smallest absolute Gasteiger partial charge is 0.351 e. The van der Waals surface area contributed by atoms with E-state index in [1.807, 2.05) is 0 Å². The number of hydrogen-bond donors (Lipinski definition) is 1.